The van der Waals surface area contributed by atoms with Crippen molar-refractivity contribution in [1.82, 2.24) is 0 Å². The third-order valence-electron chi connectivity index (χ3n) is 3.26. The lowest BCUT2D eigenvalue weighted by Gasteiger charge is -2.10. The van der Waals surface area contributed by atoms with Gasteiger partial charge in [-0.3, -0.25) is 0 Å². The molecular formula is C17H18O4. The molecule has 0 unspecified atom stereocenters. The van der Waals surface area contributed by atoms with Crippen LogP contribution in [-0.4, -0.2) is 27.3 Å². The van der Waals surface area contributed by atoms with Crippen molar-refractivity contribution in [3.05, 3.63) is 59.2 Å². The van der Waals surface area contributed by atoms with Gasteiger partial charge >= 0.3 is 5.97 Å². The summed E-state index contributed by atoms with van der Waals surface area (Å²) in [6.07, 6.45) is 0.665. The standard InChI is InChI=1S/C17H18O4/c1-19-15-7-4-12(5-8-15)10-14-11-13(17(18)21-3)6-9-16(14)20-2/h4-9,11H,10H2,1-3H3. The first-order valence-electron chi connectivity index (χ1n) is 6.56. The molecule has 4 nitrogen and oxygen atoms in total. The molecule has 2 aromatic carbocycles. The fourth-order valence-electron chi connectivity index (χ4n) is 2.12. The first kappa shape index (κ1) is 14.9. The van der Waals surface area contributed by atoms with Crippen LogP contribution in [0, 0.1) is 0 Å². The average Bonchev–Trinajstić information content (AvgIpc) is 2.54. The molecule has 0 saturated carbocycles. The molecule has 0 spiro atoms. The number of benzene rings is 2. The van der Waals surface area contributed by atoms with Crippen LogP contribution in [-0.2, 0) is 11.2 Å². The molecule has 0 saturated heterocycles. The highest BCUT2D eigenvalue weighted by Gasteiger charge is 2.11. The second-order valence-corrected chi connectivity index (χ2v) is 4.54. The van der Waals surface area contributed by atoms with Crippen molar-refractivity contribution in [2.24, 2.45) is 0 Å². The first-order chi connectivity index (χ1) is 10.2. The van der Waals surface area contributed by atoms with Crippen molar-refractivity contribution in [1.29, 1.82) is 0 Å². The number of rotatable bonds is 5. The summed E-state index contributed by atoms with van der Waals surface area (Å²) in [4.78, 5) is 11.6. The van der Waals surface area contributed by atoms with Crippen molar-refractivity contribution in [2.45, 2.75) is 6.42 Å². The Hall–Kier alpha value is -2.49. The molecule has 2 rings (SSSR count). The van der Waals surface area contributed by atoms with Crippen LogP contribution in [0.5, 0.6) is 11.5 Å². The van der Waals surface area contributed by atoms with E-state index in [-0.39, 0.29) is 5.97 Å². The molecular weight excluding hydrogens is 268 g/mol. The zero-order chi connectivity index (χ0) is 15.2. The fourth-order valence-corrected chi connectivity index (χ4v) is 2.12. The highest BCUT2D eigenvalue weighted by atomic mass is 16.5. The van der Waals surface area contributed by atoms with Crippen LogP contribution < -0.4 is 9.47 Å². The number of carbonyl (C=O) groups is 1. The Labute approximate surface area is 124 Å². The first-order valence-corrected chi connectivity index (χ1v) is 6.56. The van der Waals surface area contributed by atoms with Gasteiger partial charge in [-0.15, -0.1) is 0 Å². The van der Waals surface area contributed by atoms with Crippen molar-refractivity contribution >= 4 is 5.97 Å². The van der Waals surface area contributed by atoms with E-state index < -0.39 is 0 Å². The lowest BCUT2D eigenvalue weighted by atomic mass is 10.0. The Morgan fingerprint density at radius 3 is 2.24 bits per heavy atom. The van der Waals surface area contributed by atoms with Gasteiger partial charge in [0.05, 0.1) is 26.9 Å². The second-order valence-electron chi connectivity index (χ2n) is 4.54. The van der Waals surface area contributed by atoms with Crippen molar-refractivity contribution < 1.29 is 19.0 Å². The van der Waals surface area contributed by atoms with Gasteiger partial charge in [-0.2, -0.15) is 0 Å². The number of esters is 1. The molecule has 0 bridgehead atoms. The van der Waals surface area contributed by atoms with Crippen LogP contribution in [0.2, 0.25) is 0 Å². The molecule has 0 heterocycles. The predicted octanol–water partition coefficient (Wildman–Crippen LogP) is 3.08. The second kappa shape index (κ2) is 6.79. The molecule has 0 amide bonds. The summed E-state index contributed by atoms with van der Waals surface area (Å²) in [5.74, 6) is 1.21. The monoisotopic (exact) mass is 286 g/mol. The quantitative estimate of drug-likeness (QED) is 0.792. The minimum absolute atomic E-state index is 0.353. The molecule has 0 N–H and O–H groups in total. The summed E-state index contributed by atoms with van der Waals surface area (Å²) in [6, 6.07) is 13.1. The van der Waals surface area contributed by atoms with Gasteiger partial charge in [0.15, 0.2) is 0 Å². The Morgan fingerprint density at radius 1 is 0.952 bits per heavy atom. The maximum atomic E-state index is 11.6. The lowest BCUT2D eigenvalue weighted by molar-refractivity contribution is 0.0600. The SMILES string of the molecule is COC(=O)c1ccc(OC)c(Cc2ccc(OC)cc2)c1. The van der Waals surface area contributed by atoms with E-state index in [1.165, 1.54) is 7.11 Å². The van der Waals surface area contributed by atoms with Crippen LogP contribution in [0.15, 0.2) is 42.5 Å². The van der Waals surface area contributed by atoms with Gasteiger partial charge in [-0.1, -0.05) is 12.1 Å². The summed E-state index contributed by atoms with van der Waals surface area (Å²) in [6.45, 7) is 0. The summed E-state index contributed by atoms with van der Waals surface area (Å²) in [5, 5.41) is 0. The van der Waals surface area contributed by atoms with E-state index >= 15 is 0 Å². The molecule has 2 aromatic rings. The molecule has 0 fully saturated rings. The van der Waals surface area contributed by atoms with Crippen LogP contribution >= 0.6 is 0 Å². The number of methoxy groups -OCH3 is 3. The molecule has 0 aromatic heterocycles. The third-order valence-corrected chi connectivity index (χ3v) is 3.26. The van der Waals surface area contributed by atoms with Gasteiger partial charge in [0.1, 0.15) is 11.5 Å². The Kier molecular flexibility index (Phi) is 4.82. The fraction of sp³-hybridized carbons (Fsp3) is 0.235. The summed E-state index contributed by atoms with van der Waals surface area (Å²) in [7, 11) is 4.62. The molecule has 0 radical (unpaired) electrons. The Bertz CT molecular complexity index is 617. The van der Waals surface area contributed by atoms with Crippen molar-refractivity contribution in [2.75, 3.05) is 21.3 Å². The topological polar surface area (TPSA) is 44.8 Å². The number of hydrogen-bond acceptors (Lipinski definition) is 4. The van der Waals surface area contributed by atoms with Gasteiger partial charge < -0.3 is 14.2 Å². The van der Waals surface area contributed by atoms with Crippen molar-refractivity contribution in [3.63, 3.8) is 0 Å². The van der Waals surface area contributed by atoms with E-state index in [4.69, 9.17) is 14.2 Å². The van der Waals surface area contributed by atoms with E-state index in [1.807, 2.05) is 24.3 Å². The Morgan fingerprint density at radius 2 is 1.67 bits per heavy atom. The minimum atomic E-state index is -0.353. The predicted molar refractivity (Wildman–Crippen MR) is 80.1 cm³/mol. The maximum absolute atomic E-state index is 11.6. The van der Waals surface area contributed by atoms with Gasteiger partial charge in [-0.05, 0) is 41.5 Å². The lowest BCUT2D eigenvalue weighted by Crippen LogP contribution is -2.03. The average molecular weight is 286 g/mol. The molecule has 0 aliphatic rings. The minimum Gasteiger partial charge on any atom is -0.497 e. The molecule has 0 aliphatic heterocycles. The number of carbonyl (C=O) groups excluding carboxylic acids is 1. The van der Waals surface area contributed by atoms with E-state index in [0.717, 1.165) is 22.6 Å². The molecule has 21 heavy (non-hydrogen) atoms. The van der Waals surface area contributed by atoms with Crippen LogP contribution in [0.1, 0.15) is 21.5 Å². The smallest absolute Gasteiger partial charge is 0.337 e. The molecule has 0 aliphatic carbocycles. The van der Waals surface area contributed by atoms with Crippen LogP contribution in [0.4, 0.5) is 0 Å². The van der Waals surface area contributed by atoms with E-state index in [9.17, 15) is 4.79 Å². The zero-order valence-corrected chi connectivity index (χ0v) is 12.4. The summed E-state index contributed by atoms with van der Waals surface area (Å²) in [5.41, 5.74) is 2.56. The third kappa shape index (κ3) is 3.54. The molecule has 110 valence electrons. The molecule has 4 heteroatoms. The van der Waals surface area contributed by atoms with Crippen molar-refractivity contribution in [3.8, 4) is 11.5 Å². The Balaban J connectivity index is 2.29. The summed E-state index contributed by atoms with van der Waals surface area (Å²) < 4.78 is 15.2. The molecule has 0 atom stereocenters. The normalized spacial score (nSPS) is 10.0. The number of ether oxygens (including phenoxy) is 3. The van der Waals surface area contributed by atoms with E-state index in [2.05, 4.69) is 0 Å². The summed E-state index contributed by atoms with van der Waals surface area (Å²) >= 11 is 0. The largest absolute Gasteiger partial charge is 0.497 e. The van der Waals surface area contributed by atoms with Gasteiger partial charge in [-0.25, -0.2) is 4.79 Å². The van der Waals surface area contributed by atoms with E-state index in [0.29, 0.717) is 12.0 Å². The van der Waals surface area contributed by atoms with Crippen LogP contribution in [0.3, 0.4) is 0 Å². The maximum Gasteiger partial charge on any atom is 0.337 e. The highest BCUT2D eigenvalue weighted by Crippen LogP contribution is 2.24. The van der Waals surface area contributed by atoms with Gasteiger partial charge in [0, 0.05) is 6.42 Å². The van der Waals surface area contributed by atoms with Gasteiger partial charge in [0.25, 0.3) is 0 Å². The van der Waals surface area contributed by atoms with Gasteiger partial charge in [0.2, 0.25) is 0 Å². The van der Waals surface area contributed by atoms with E-state index in [1.54, 1.807) is 32.4 Å². The van der Waals surface area contributed by atoms with Crippen LogP contribution in [0.25, 0.3) is 0 Å². The highest BCUT2D eigenvalue weighted by molar-refractivity contribution is 5.89. The zero-order valence-electron chi connectivity index (χ0n) is 12.4. The number of hydrogen-bond donors (Lipinski definition) is 0.